The Morgan fingerprint density at radius 3 is 2.44 bits per heavy atom. The summed E-state index contributed by atoms with van der Waals surface area (Å²) in [5.41, 5.74) is 0. The van der Waals surface area contributed by atoms with Gasteiger partial charge >= 0.3 is 0 Å². The van der Waals surface area contributed by atoms with Crippen molar-refractivity contribution in [3.05, 3.63) is 0 Å². The summed E-state index contributed by atoms with van der Waals surface area (Å²) in [6.07, 6.45) is 9.60. The third kappa shape index (κ3) is 5.11. The van der Waals surface area contributed by atoms with Gasteiger partial charge in [0.25, 0.3) is 0 Å². The molecule has 2 heteroatoms. The molecule has 1 unspecified atom stereocenters. The van der Waals surface area contributed by atoms with Crippen molar-refractivity contribution in [2.45, 2.75) is 58.3 Å². The van der Waals surface area contributed by atoms with E-state index in [2.05, 4.69) is 0 Å². The minimum Gasteiger partial charge on any atom is -0.385 e. The van der Waals surface area contributed by atoms with Crippen LogP contribution in [0, 0.1) is 11.8 Å². The third-order valence-electron chi connectivity index (χ3n) is 3.77. The predicted octanol–water partition coefficient (Wildman–Crippen LogP) is 3.59. The zero-order valence-electron chi connectivity index (χ0n) is 10.8. The molecule has 0 N–H and O–H groups in total. The van der Waals surface area contributed by atoms with Crippen molar-refractivity contribution in [3.8, 4) is 0 Å². The molecule has 16 heavy (non-hydrogen) atoms. The molecule has 0 aliphatic heterocycles. The Labute approximate surface area is 99.8 Å². The molecule has 0 aromatic rings. The van der Waals surface area contributed by atoms with E-state index in [1.165, 1.54) is 38.5 Å². The number of Topliss-reactive ketones (excluding diaryl/α,β-unsaturated/α-hetero) is 1. The number of rotatable bonds is 6. The van der Waals surface area contributed by atoms with E-state index < -0.39 is 0 Å². The number of methoxy groups -OCH3 is 1. The van der Waals surface area contributed by atoms with E-state index in [1.54, 1.807) is 7.11 Å². The molecule has 0 bridgehead atoms. The molecule has 1 aliphatic carbocycles. The molecule has 94 valence electrons. The average Bonchev–Trinajstić information content (AvgIpc) is 2.54. The van der Waals surface area contributed by atoms with Crippen LogP contribution in [0.25, 0.3) is 0 Å². The molecule has 1 aliphatic rings. The van der Waals surface area contributed by atoms with Gasteiger partial charge in [-0.1, -0.05) is 45.4 Å². The quantitative estimate of drug-likeness (QED) is 0.647. The fourth-order valence-corrected chi connectivity index (χ4v) is 2.51. The topological polar surface area (TPSA) is 26.3 Å². The van der Waals surface area contributed by atoms with Crippen molar-refractivity contribution < 1.29 is 9.53 Å². The zero-order chi connectivity index (χ0) is 11.8. The van der Waals surface area contributed by atoms with E-state index in [9.17, 15) is 4.79 Å². The van der Waals surface area contributed by atoms with Crippen LogP contribution in [-0.2, 0) is 9.53 Å². The Kier molecular flexibility index (Phi) is 6.70. The van der Waals surface area contributed by atoms with Gasteiger partial charge in [-0.25, -0.2) is 0 Å². The lowest BCUT2D eigenvalue weighted by Crippen LogP contribution is -2.17. The van der Waals surface area contributed by atoms with Crippen LogP contribution in [0.3, 0.4) is 0 Å². The maximum Gasteiger partial charge on any atom is 0.136 e. The first-order valence-electron chi connectivity index (χ1n) is 6.75. The van der Waals surface area contributed by atoms with Gasteiger partial charge in [0.2, 0.25) is 0 Å². The Morgan fingerprint density at radius 2 is 1.88 bits per heavy atom. The Morgan fingerprint density at radius 1 is 1.25 bits per heavy atom. The van der Waals surface area contributed by atoms with Crippen molar-refractivity contribution in [2.75, 3.05) is 13.7 Å². The van der Waals surface area contributed by atoms with Crippen molar-refractivity contribution in [3.63, 3.8) is 0 Å². The molecule has 0 saturated heterocycles. The Balaban J connectivity index is 2.25. The molecule has 0 amide bonds. The van der Waals surface area contributed by atoms with Gasteiger partial charge in [-0.2, -0.15) is 0 Å². The number of hydrogen-bond donors (Lipinski definition) is 0. The van der Waals surface area contributed by atoms with Crippen LogP contribution < -0.4 is 0 Å². The lowest BCUT2D eigenvalue weighted by molar-refractivity contribution is -0.123. The fraction of sp³-hybridized carbons (Fsp3) is 0.929. The number of carbonyl (C=O) groups is 1. The maximum atomic E-state index is 12.0. The van der Waals surface area contributed by atoms with Gasteiger partial charge in [0.1, 0.15) is 5.78 Å². The van der Waals surface area contributed by atoms with Crippen LogP contribution >= 0.6 is 0 Å². The van der Waals surface area contributed by atoms with Crippen LogP contribution in [0.4, 0.5) is 0 Å². The summed E-state index contributed by atoms with van der Waals surface area (Å²) in [5, 5.41) is 0. The monoisotopic (exact) mass is 226 g/mol. The summed E-state index contributed by atoms with van der Waals surface area (Å²) >= 11 is 0. The molecule has 2 nitrogen and oxygen atoms in total. The summed E-state index contributed by atoms with van der Waals surface area (Å²) in [5.74, 6) is 1.30. The van der Waals surface area contributed by atoms with Crippen molar-refractivity contribution >= 4 is 5.78 Å². The van der Waals surface area contributed by atoms with Crippen molar-refractivity contribution in [2.24, 2.45) is 11.8 Å². The zero-order valence-corrected chi connectivity index (χ0v) is 10.8. The molecular weight excluding hydrogens is 200 g/mol. The van der Waals surface area contributed by atoms with E-state index >= 15 is 0 Å². The molecule has 0 aromatic heterocycles. The van der Waals surface area contributed by atoms with E-state index in [0.29, 0.717) is 18.3 Å². The molecule has 1 saturated carbocycles. The first kappa shape index (κ1) is 13.7. The molecule has 0 aromatic carbocycles. The maximum absolute atomic E-state index is 12.0. The largest absolute Gasteiger partial charge is 0.385 e. The van der Waals surface area contributed by atoms with E-state index in [-0.39, 0.29) is 5.92 Å². The first-order valence-corrected chi connectivity index (χ1v) is 6.75. The van der Waals surface area contributed by atoms with Gasteiger partial charge in [-0.05, 0) is 12.3 Å². The van der Waals surface area contributed by atoms with Crippen LogP contribution in [0.2, 0.25) is 0 Å². The van der Waals surface area contributed by atoms with Crippen LogP contribution in [-0.4, -0.2) is 19.5 Å². The number of ether oxygens (including phenoxy) is 1. The fourth-order valence-electron chi connectivity index (χ4n) is 2.51. The highest BCUT2D eigenvalue weighted by molar-refractivity contribution is 5.80. The molecule has 1 rings (SSSR count). The lowest BCUT2D eigenvalue weighted by atomic mass is 9.89. The van der Waals surface area contributed by atoms with Gasteiger partial charge in [0.05, 0.1) is 0 Å². The molecule has 0 radical (unpaired) electrons. The van der Waals surface area contributed by atoms with E-state index in [1.807, 2.05) is 6.92 Å². The first-order chi connectivity index (χ1) is 7.74. The summed E-state index contributed by atoms with van der Waals surface area (Å²) in [7, 11) is 1.70. The highest BCUT2D eigenvalue weighted by atomic mass is 16.5. The third-order valence-corrected chi connectivity index (χ3v) is 3.77. The summed E-state index contributed by atoms with van der Waals surface area (Å²) < 4.78 is 5.02. The van der Waals surface area contributed by atoms with Crippen LogP contribution in [0.1, 0.15) is 58.3 Å². The van der Waals surface area contributed by atoms with E-state index in [0.717, 1.165) is 12.8 Å². The van der Waals surface area contributed by atoms with Crippen molar-refractivity contribution in [1.82, 2.24) is 0 Å². The number of ketones is 1. The minimum atomic E-state index is 0.184. The van der Waals surface area contributed by atoms with Gasteiger partial charge in [0, 0.05) is 26.1 Å². The molecule has 0 spiro atoms. The standard InChI is InChI=1S/C14H26O2/c1-12(9-10-16-2)14(15)11-13-7-5-3-4-6-8-13/h12-13H,3-11H2,1-2H3. The number of carbonyl (C=O) groups excluding carboxylic acids is 1. The average molecular weight is 226 g/mol. The molecule has 1 atom stereocenters. The van der Waals surface area contributed by atoms with Crippen LogP contribution in [0.15, 0.2) is 0 Å². The Bertz CT molecular complexity index is 193. The lowest BCUT2D eigenvalue weighted by Gasteiger charge is -2.16. The highest BCUT2D eigenvalue weighted by Crippen LogP contribution is 2.26. The molecular formula is C14H26O2. The smallest absolute Gasteiger partial charge is 0.136 e. The van der Waals surface area contributed by atoms with Gasteiger partial charge in [-0.3, -0.25) is 4.79 Å². The normalized spacial score (nSPS) is 20.4. The molecule has 1 fully saturated rings. The van der Waals surface area contributed by atoms with Gasteiger partial charge < -0.3 is 4.74 Å². The summed E-state index contributed by atoms with van der Waals surface area (Å²) in [6.45, 7) is 2.75. The highest BCUT2D eigenvalue weighted by Gasteiger charge is 2.19. The second-order valence-electron chi connectivity index (χ2n) is 5.21. The SMILES string of the molecule is COCCC(C)C(=O)CC1CCCCCC1. The number of hydrogen-bond acceptors (Lipinski definition) is 2. The van der Waals surface area contributed by atoms with Crippen molar-refractivity contribution in [1.29, 1.82) is 0 Å². The second-order valence-corrected chi connectivity index (χ2v) is 5.21. The van der Waals surface area contributed by atoms with Crippen LogP contribution in [0.5, 0.6) is 0 Å². The Hall–Kier alpha value is -0.370. The molecule has 0 heterocycles. The second kappa shape index (κ2) is 7.83. The van der Waals surface area contributed by atoms with Gasteiger partial charge in [0.15, 0.2) is 0 Å². The summed E-state index contributed by atoms with van der Waals surface area (Å²) in [6, 6.07) is 0. The summed E-state index contributed by atoms with van der Waals surface area (Å²) in [4.78, 5) is 12.0. The van der Waals surface area contributed by atoms with Gasteiger partial charge in [-0.15, -0.1) is 0 Å². The predicted molar refractivity (Wildman–Crippen MR) is 66.5 cm³/mol. The van der Waals surface area contributed by atoms with E-state index in [4.69, 9.17) is 4.74 Å². The minimum absolute atomic E-state index is 0.184.